The molecule has 0 aliphatic carbocycles. The van der Waals surface area contributed by atoms with Gasteiger partial charge in [0.05, 0.1) is 11.4 Å². The van der Waals surface area contributed by atoms with E-state index in [-0.39, 0.29) is 5.91 Å². The number of carbonyl (C=O) groups is 1. The van der Waals surface area contributed by atoms with Gasteiger partial charge in [-0.05, 0) is 19.1 Å². The highest BCUT2D eigenvalue weighted by Gasteiger charge is 2.27. The molecule has 1 amide bonds. The molecule has 16 heavy (non-hydrogen) atoms. The number of rotatable bonds is 2. The molecule has 0 aliphatic heterocycles. The van der Waals surface area contributed by atoms with Crippen molar-refractivity contribution in [2.75, 3.05) is 17.2 Å². The lowest BCUT2D eigenvalue weighted by atomic mass is 9.94. The largest absolute Gasteiger partial charge is 0.397 e. The van der Waals surface area contributed by atoms with Gasteiger partial charge in [0.25, 0.3) is 0 Å². The first-order valence-electron chi connectivity index (χ1n) is 5.54. The number of nitrogens with zero attached hydrogens (tertiary/aromatic N) is 1. The summed E-state index contributed by atoms with van der Waals surface area (Å²) >= 11 is 0. The molecule has 0 spiro atoms. The van der Waals surface area contributed by atoms with Gasteiger partial charge in [-0.15, -0.1) is 0 Å². The van der Waals surface area contributed by atoms with Crippen molar-refractivity contribution in [2.24, 2.45) is 5.41 Å². The first kappa shape index (κ1) is 12.6. The van der Waals surface area contributed by atoms with Crippen molar-refractivity contribution in [2.45, 2.75) is 27.7 Å². The number of para-hydroxylation sites is 2. The summed E-state index contributed by atoms with van der Waals surface area (Å²) in [4.78, 5) is 14.0. The highest BCUT2D eigenvalue weighted by molar-refractivity contribution is 5.99. The fourth-order valence-corrected chi connectivity index (χ4v) is 1.56. The van der Waals surface area contributed by atoms with Crippen LogP contribution >= 0.6 is 0 Å². The Labute approximate surface area is 97.2 Å². The Bertz CT molecular complexity index is 380. The second-order valence-corrected chi connectivity index (χ2v) is 4.86. The van der Waals surface area contributed by atoms with Crippen LogP contribution in [0, 0.1) is 5.41 Å². The Hall–Kier alpha value is -1.51. The van der Waals surface area contributed by atoms with Gasteiger partial charge in [0, 0.05) is 12.0 Å². The minimum Gasteiger partial charge on any atom is -0.397 e. The number of nitrogen functional groups attached to an aromatic ring is 1. The van der Waals surface area contributed by atoms with Gasteiger partial charge in [0.15, 0.2) is 0 Å². The topological polar surface area (TPSA) is 46.3 Å². The minimum atomic E-state index is -0.391. The van der Waals surface area contributed by atoms with Crippen LogP contribution in [0.25, 0.3) is 0 Å². The van der Waals surface area contributed by atoms with E-state index in [0.717, 1.165) is 5.69 Å². The zero-order valence-electron chi connectivity index (χ0n) is 10.4. The van der Waals surface area contributed by atoms with Gasteiger partial charge in [0.1, 0.15) is 0 Å². The summed E-state index contributed by atoms with van der Waals surface area (Å²) in [6.45, 7) is 8.33. The van der Waals surface area contributed by atoms with Gasteiger partial charge < -0.3 is 10.6 Å². The van der Waals surface area contributed by atoms with Crippen LogP contribution in [-0.4, -0.2) is 12.5 Å². The summed E-state index contributed by atoms with van der Waals surface area (Å²) in [6, 6.07) is 7.45. The van der Waals surface area contributed by atoms with E-state index in [0.29, 0.717) is 12.2 Å². The van der Waals surface area contributed by atoms with Crippen molar-refractivity contribution >= 4 is 17.3 Å². The number of benzene rings is 1. The Morgan fingerprint density at radius 2 is 1.88 bits per heavy atom. The van der Waals surface area contributed by atoms with Crippen LogP contribution in [0.5, 0.6) is 0 Å². The normalized spacial score (nSPS) is 11.2. The summed E-state index contributed by atoms with van der Waals surface area (Å²) in [5, 5.41) is 0. The maximum absolute atomic E-state index is 12.2. The zero-order valence-corrected chi connectivity index (χ0v) is 10.4. The van der Waals surface area contributed by atoms with Crippen molar-refractivity contribution in [1.82, 2.24) is 0 Å². The predicted molar refractivity (Wildman–Crippen MR) is 68.3 cm³/mol. The number of anilines is 2. The van der Waals surface area contributed by atoms with Gasteiger partial charge >= 0.3 is 0 Å². The third-order valence-corrected chi connectivity index (χ3v) is 2.43. The Balaban J connectivity index is 3.09. The molecule has 1 rings (SSSR count). The van der Waals surface area contributed by atoms with E-state index in [1.54, 1.807) is 4.90 Å². The predicted octanol–water partition coefficient (Wildman–Crippen LogP) is 2.67. The third kappa shape index (κ3) is 2.54. The lowest BCUT2D eigenvalue weighted by Gasteiger charge is -2.29. The van der Waals surface area contributed by atoms with Crippen LogP contribution in [0.15, 0.2) is 24.3 Å². The molecule has 0 radical (unpaired) electrons. The number of hydrogen-bond donors (Lipinski definition) is 1. The van der Waals surface area contributed by atoms with Crippen LogP contribution in [0.1, 0.15) is 27.7 Å². The van der Waals surface area contributed by atoms with Crippen LogP contribution in [-0.2, 0) is 4.79 Å². The van der Waals surface area contributed by atoms with Crippen LogP contribution in [0.3, 0.4) is 0 Å². The van der Waals surface area contributed by atoms with Crippen molar-refractivity contribution in [3.8, 4) is 0 Å². The summed E-state index contributed by atoms with van der Waals surface area (Å²) in [5.41, 5.74) is 6.93. The fourth-order valence-electron chi connectivity index (χ4n) is 1.56. The van der Waals surface area contributed by atoms with Crippen molar-refractivity contribution in [1.29, 1.82) is 0 Å². The van der Waals surface area contributed by atoms with E-state index >= 15 is 0 Å². The first-order valence-corrected chi connectivity index (χ1v) is 5.54. The van der Waals surface area contributed by atoms with Crippen molar-refractivity contribution < 1.29 is 4.79 Å². The maximum atomic E-state index is 12.2. The monoisotopic (exact) mass is 220 g/mol. The maximum Gasteiger partial charge on any atom is 0.232 e. The van der Waals surface area contributed by atoms with Gasteiger partial charge in [-0.1, -0.05) is 32.9 Å². The number of nitrogens with two attached hydrogens (primary N) is 1. The van der Waals surface area contributed by atoms with Crippen molar-refractivity contribution in [3.05, 3.63) is 24.3 Å². The second kappa shape index (κ2) is 4.56. The Morgan fingerprint density at radius 1 is 1.31 bits per heavy atom. The molecule has 0 heterocycles. The molecule has 0 saturated heterocycles. The molecular formula is C13H20N2O. The highest BCUT2D eigenvalue weighted by atomic mass is 16.2. The van der Waals surface area contributed by atoms with Crippen LogP contribution in [0.2, 0.25) is 0 Å². The standard InChI is InChI=1S/C13H20N2O/c1-5-15(12(16)13(2,3)4)11-9-7-6-8-10(11)14/h6-9H,5,14H2,1-4H3. The molecule has 0 aromatic heterocycles. The molecule has 3 heteroatoms. The lowest BCUT2D eigenvalue weighted by molar-refractivity contribution is -0.125. The van der Waals surface area contributed by atoms with Gasteiger partial charge in [0.2, 0.25) is 5.91 Å². The quantitative estimate of drug-likeness (QED) is 0.779. The molecule has 1 aromatic carbocycles. The molecule has 0 saturated carbocycles. The molecule has 0 aliphatic rings. The Kier molecular flexibility index (Phi) is 3.58. The van der Waals surface area contributed by atoms with Gasteiger partial charge in [-0.25, -0.2) is 0 Å². The van der Waals surface area contributed by atoms with E-state index in [4.69, 9.17) is 5.73 Å². The van der Waals surface area contributed by atoms with E-state index in [9.17, 15) is 4.79 Å². The van der Waals surface area contributed by atoms with E-state index < -0.39 is 5.41 Å². The third-order valence-electron chi connectivity index (χ3n) is 2.43. The van der Waals surface area contributed by atoms with E-state index in [2.05, 4.69) is 0 Å². The minimum absolute atomic E-state index is 0.0906. The summed E-state index contributed by atoms with van der Waals surface area (Å²) in [6.07, 6.45) is 0. The molecule has 0 unspecified atom stereocenters. The van der Waals surface area contributed by atoms with E-state index in [1.807, 2.05) is 52.0 Å². The smallest absolute Gasteiger partial charge is 0.232 e. The fraction of sp³-hybridized carbons (Fsp3) is 0.462. The summed E-state index contributed by atoms with van der Waals surface area (Å²) < 4.78 is 0. The van der Waals surface area contributed by atoms with Crippen LogP contribution in [0.4, 0.5) is 11.4 Å². The zero-order chi connectivity index (χ0) is 12.3. The number of amides is 1. The SMILES string of the molecule is CCN(C(=O)C(C)(C)C)c1ccccc1N. The summed E-state index contributed by atoms with van der Waals surface area (Å²) in [7, 11) is 0. The molecular weight excluding hydrogens is 200 g/mol. The molecule has 88 valence electrons. The van der Waals surface area contributed by atoms with Gasteiger partial charge in [-0.3, -0.25) is 4.79 Å². The Morgan fingerprint density at radius 3 is 2.31 bits per heavy atom. The lowest BCUT2D eigenvalue weighted by Crippen LogP contribution is -2.39. The average molecular weight is 220 g/mol. The molecule has 3 nitrogen and oxygen atoms in total. The van der Waals surface area contributed by atoms with Gasteiger partial charge in [-0.2, -0.15) is 0 Å². The summed E-state index contributed by atoms with van der Waals surface area (Å²) in [5.74, 6) is 0.0906. The average Bonchev–Trinajstić information content (AvgIpc) is 2.20. The first-order chi connectivity index (χ1) is 7.38. The molecule has 0 fully saturated rings. The van der Waals surface area contributed by atoms with Crippen LogP contribution < -0.4 is 10.6 Å². The van der Waals surface area contributed by atoms with Crippen molar-refractivity contribution in [3.63, 3.8) is 0 Å². The second-order valence-electron chi connectivity index (χ2n) is 4.86. The molecule has 0 bridgehead atoms. The molecule has 1 aromatic rings. The molecule has 0 atom stereocenters. The number of carbonyl (C=O) groups excluding carboxylic acids is 1. The highest BCUT2D eigenvalue weighted by Crippen LogP contribution is 2.27. The molecule has 2 N–H and O–H groups in total. The number of hydrogen-bond acceptors (Lipinski definition) is 2. The van der Waals surface area contributed by atoms with E-state index in [1.165, 1.54) is 0 Å².